The summed E-state index contributed by atoms with van der Waals surface area (Å²) in [5.41, 5.74) is 5.74. The maximum absolute atomic E-state index is 12.1. The fraction of sp³-hybridized carbons (Fsp3) is 0.938. The minimum Gasteiger partial charge on any atom is -0.356 e. The van der Waals surface area contributed by atoms with Crippen molar-refractivity contribution in [2.24, 2.45) is 23.5 Å². The van der Waals surface area contributed by atoms with E-state index in [1.807, 2.05) is 0 Å². The van der Waals surface area contributed by atoms with Crippen molar-refractivity contribution in [2.75, 3.05) is 32.7 Å². The summed E-state index contributed by atoms with van der Waals surface area (Å²) in [5.74, 6) is 1.72. The third-order valence-electron chi connectivity index (χ3n) is 5.13. The van der Waals surface area contributed by atoms with Gasteiger partial charge in [-0.25, -0.2) is 0 Å². The highest BCUT2D eigenvalue weighted by Crippen LogP contribution is 2.30. The van der Waals surface area contributed by atoms with E-state index >= 15 is 0 Å². The molecule has 20 heavy (non-hydrogen) atoms. The van der Waals surface area contributed by atoms with Crippen molar-refractivity contribution in [3.05, 3.63) is 0 Å². The van der Waals surface area contributed by atoms with Crippen LogP contribution in [0, 0.1) is 17.8 Å². The predicted molar refractivity (Wildman–Crippen MR) is 82.4 cm³/mol. The highest BCUT2D eigenvalue weighted by molar-refractivity contribution is 5.79. The molecule has 0 bridgehead atoms. The zero-order valence-corrected chi connectivity index (χ0v) is 12.9. The summed E-state index contributed by atoms with van der Waals surface area (Å²) >= 11 is 0. The van der Waals surface area contributed by atoms with Gasteiger partial charge in [0.05, 0.1) is 0 Å². The Morgan fingerprint density at radius 2 is 2.00 bits per heavy atom. The minimum atomic E-state index is 0.177. The van der Waals surface area contributed by atoms with Gasteiger partial charge in [-0.2, -0.15) is 0 Å². The van der Waals surface area contributed by atoms with Crippen LogP contribution in [-0.2, 0) is 4.79 Å². The van der Waals surface area contributed by atoms with Gasteiger partial charge in [0, 0.05) is 12.5 Å². The van der Waals surface area contributed by atoms with E-state index in [4.69, 9.17) is 5.73 Å². The quantitative estimate of drug-likeness (QED) is 0.727. The number of hydrogen-bond donors (Lipinski definition) is 2. The zero-order valence-electron chi connectivity index (χ0n) is 12.9. The van der Waals surface area contributed by atoms with Gasteiger partial charge in [-0.15, -0.1) is 0 Å². The third-order valence-corrected chi connectivity index (χ3v) is 5.13. The number of hydrogen-bond acceptors (Lipinski definition) is 3. The highest BCUT2D eigenvalue weighted by Gasteiger charge is 2.31. The number of nitrogens with zero attached hydrogens (tertiary/aromatic N) is 1. The maximum atomic E-state index is 12.1. The number of nitrogens with one attached hydrogen (secondary N) is 1. The van der Waals surface area contributed by atoms with Crippen molar-refractivity contribution in [3.63, 3.8) is 0 Å². The zero-order chi connectivity index (χ0) is 14.4. The molecule has 0 aromatic heterocycles. The van der Waals surface area contributed by atoms with E-state index in [0.29, 0.717) is 12.5 Å². The number of rotatable bonds is 6. The van der Waals surface area contributed by atoms with Gasteiger partial charge in [-0.3, -0.25) is 4.79 Å². The number of nitrogens with two attached hydrogens (primary N) is 1. The fourth-order valence-corrected chi connectivity index (χ4v) is 3.60. The molecule has 1 heterocycles. The summed E-state index contributed by atoms with van der Waals surface area (Å²) in [5, 5.41) is 3.12. The molecule has 2 fully saturated rings. The van der Waals surface area contributed by atoms with Crippen molar-refractivity contribution in [1.82, 2.24) is 10.2 Å². The summed E-state index contributed by atoms with van der Waals surface area (Å²) in [6, 6.07) is 0. The van der Waals surface area contributed by atoms with Crippen LogP contribution >= 0.6 is 0 Å². The first-order valence-electron chi connectivity index (χ1n) is 8.41. The van der Waals surface area contributed by atoms with E-state index in [-0.39, 0.29) is 11.8 Å². The molecule has 1 amide bonds. The topological polar surface area (TPSA) is 58.4 Å². The van der Waals surface area contributed by atoms with Crippen molar-refractivity contribution in [3.8, 4) is 0 Å². The molecule has 0 radical (unpaired) electrons. The van der Waals surface area contributed by atoms with E-state index in [2.05, 4.69) is 17.1 Å². The lowest BCUT2D eigenvalue weighted by molar-refractivity contribution is -0.125. The summed E-state index contributed by atoms with van der Waals surface area (Å²) < 4.78 is 0. The normalized spacial score (nSPS) is 28.7. The largest absolute Gasteiger partial charge is 0.356 e. The first-order chi connectivity index (χ1) is 9.70. The van der Waals surface area contributed by atoms with Crippen LogP contribution in [0.4, 0.5) is 0 Å². The Bertz CT molecular complexity index is 300. The third kappa shape index (κ3) is 4.45. The molecule has 116 valence electrons. The Morgan fingerprint density at radius 1 is 1.25 bits per heavy atom. The summed E-state index contributed by atoms with van der Waals surface area (Å²) in [6.07, 6.45) is 7.03. The number of piperidine rings is 1. The molecule has 0 aromatic rings. The molecule has 3 N–H and O–H groups in total. The van der Waals surface area contributed by atoms with Crippen molar-refractivity contribution in [2.45, 2.75) is 45.4 Å². The number of amides is 1. The monoisotopic (exact) mass is 281 g/mol. The number of likely N-dealkylation sites (tertiary alicyclic amines) is 1. The van der Waals surface area contributed by atoms with Gasteiger partial charge in [-0.05, 0) is 70.1 Å². The van der Waals surface area contributed by atoms with E-state index < -0.39 is 0 Å². The van der Waals surface area contributed by atoms with Gasteiger partial charge < -0.3 is 16.0 Å². The standard InChI is InChI=1S/C16H31N3O/c1-13-6-10-19(11-7-13)9-3-8-18-16(20)15-5-2-4-14(15)12-17/h13-15H,2-12,17H2,1H3,(H,18,20). The fourth-order valence-electron chi connectivity index (χ4n) is 3.60. The SMILES string of the molecule is CC1CCN(CCCNC(=O)C2CCCC2CN)CC1. The molecule has 0 aromatic carbocycles. The van der Waals surface area contributed by atoms with Crippen LogP contribution in [0.3, 0.4) is 0 Å². The second-order valence-electron chi connectivity index (χ2n) is 6.70. The number of carbonyl (C=O) groups excluding carboxylic acids is 1. The molecule has 0 spiro atoms. The van der Waals surface area contributed by atoms with Crippen LogP contribution < -0.4 is 11.1 Å². The average Bonchev–Trinajstić information content (AvgIpc) is 2.94. The molecule has 2 aliphatic rings. The molecule has 2 atom stereocenters. The second kappa shape index (κ2) is 7.99. The van der Waals surface area contributed by atoms with Crippen LogP contribution in [0.5, 0.6) is 0 Å². The van der Waals surface area contributed by atoms with Gasteiger partial charge in [-0.1, -0.05) is 13.3 Å². The van der Waals surface area contributed by atoms with E-state index in [1.165, 1.54) is 25.9 Å². The molecule has 1 aliphatic heterocycles. The van der Waals surface area contributed by atoms with Gasteiger partial charge >= 0.3 is 0 Å². The Labute approximate surface area is 123 Å². The van der Waals surface area contributed by atoms with E-state index in [1.54, 1.807) is 0 Å². The molecule has 4 nitrogen and oxygen atoms in total. The van der Waals surface area contributed by atoms with Crippen molar-refractivity contribution < 1.29 is 4.79 Å². The lowest BCUT2D eigenvalue weighted by Gasteiger charge is -2.30. The Hall–Kier alpha value is -0.610. The van der Waals surface area contributed by atoms with Crippen LogP contribution in [0.1, 0.15) is 45.4 Å². The van der Waals surface area contributed by atoms with Gasteiger partial charge in [0.15, 0.2) is 0 Å². The molecular formula is C16H31N3O. The minimum absolute atomic E-state index is 0.177. The van der Waals surface area contributed by atoms with Gasteiger partial charge in [0.2, 0.25) is 5.91 Å². The molecule has 1 saturated heterocycles. The summed E-state index contributed by atoms with van der Waals surface area (Å²) in [4.78, 5) is 14.7. The first kappa shape index (κ1) is 15.8. The molecule has 2 unspecified atom stereocenters. The molecular weight excluding hydrogens is 250 g/mol. The number of carbonyl (C=O) groups is 1. The average molecular weight is 281 g/mol. The molecule has 4 heteroatoms. The first-order valence-corrected chi connectivity index (χ1v) is 8.41. The van der Waals surface area contributed by atoms with Gasteiger partial charge in [0.25, 0.3) is 0 Å². The molecule has 1 aliphatic carbocycles. The van der Waals surface area contributed by atoms with Crippen LogP contribution in [0.15, 0.2) is 0 Å². The summed E-state index contributed by atoms with van der Waals surface area (Å²) in [6.45, 7) is 7.40. The highest BCUT2D eigenvalue weighted by atomic mass is 16.1. The predicted octanol–water partition coefficient (Wildman–Crippen LogP) is 1.60. The molecule has 2 rings (SSSR count). The Morgan fingerprint density at radius 3 is 2.70 bits per heavy atom. The maximum Gasteiger partial charge on any atom is 0.223 e. The van der Waals surface area contributed by atoms with Crippen molar-refractivity contribution in [1.29, 1.82) is 0 Å². The lowest BCUT2D eigenvalue weighted by Crippen LogP contribution is -2.38. The summed E-state index contributed by atoms with van der Waals surface area (Å²) in [7, 11) is 0. The Balaban J connectivity index is 1.57. The Kier molecular flexibility index (Phi) is 6.30. The van der Waals surface area contributed by atoms with E-state index in [9.17, 15) is 4.79 Å². The molecule has 1 saturated carbocycles. The lowest BCUT2D eigenvalue weighted by atomic mass is 9.95. The second-order valence-corrected chi connectivity index (χ2v) is 6.70. The van der Waals surface area contributed by atoms with Crippen LogP contribution in [-0.4, -0.2) is 43.5 Å². The van der Waals surface area contributed by atoms with Crippen LogP contribution in [0.2, 0.25) is 0 Å². The van der Waals surface area contributed by atoms with Crippen molar-refractivity contribution >= 4 is 5.91 Å². The smallest absolute Gasteiger partial charge is 0.223 e. The van der Waals surface area contributed by atoms with E-state index in [0.717, 1.165) is 44.7 Å². The van der Waals surface area contributed by atoms with Gasteiger partial charge in [0.1, 0.15) is 0 Å². The van der Waals surface area contributed by atoms with Crippen LogP contribution in [0.25, 0.3) is 0 Å².